The van der Waals surface area contributed by atoms with Crippen LogP contribution >= 0.6 is 0 Å². The van der Waals surface area contributed by atoms with Crippen molar-refractivity contribution in [3.05, 3.63) is 70.8 Å². The maximum atomic E-state index is 12.9. The summed E-state index contributed by atoms with van der Waals surface area (Å²) in [6.45, 7) is 7.17. The van der Waals surface area contributed by atoms with Crippen molar-refractivity contribution >= 4 is 11.6 Å². The van der Waals surface area contributed by atoms with Gasteiger partial charge in [-0.05, 0) is 138 Å². The summed E-state index contributed by atoms with van der Waals surface area (Å²) in [6.07, 6.45) is 1.12. The molecule has 0 aliphatic carbocycles. The Morgan fingerprint density at radius 1 is 0.600 bits per heavy atom. The molecule has 11 nitrogen and oxygen atoms in total. The van der Waals surface area contributed by atoms with Crippen LogP contribution < -0.4 is 10.6 Å². The second-order valence-electron chi connectivity index (χ2n) is 16.4. The predicted octanol–water partition coefficient (Wildman–Crippen LogP) is 8.57. The van der Waals surface area contributed by atoms with E-state index < -0.39 is 35.0 Å². The number of aryl methyl sites for hydroxylation is 2. The number of halogens is 6. The van der Waals surface area contributed by atoms with Crippen LogP contribution in [0, 0.1) is 13.8 Å². The summed E-state index contributed by atoms with van der Waals surface area (Å²) in [6, 6.07) is 12.9. The molecule has 2 aromatic carbocycles. The molecule has 17 heteroatoms. The molecule has 4 aromatic rings. The van der Waals surface area contributed by atoms with Crippen LogP contribution in [-0.2, 0) is 12.4 Å². The zero-order valence-corrected chi connectivity index (χ0v) is 33.9. The van der Waals surface area contributed by atoms with Crippen LogP contribution in [0.25, 0.3) is 22.5 Å². The van der Waals surface area contributed by atoms with Gasteiger partial charge in [0, 0.05) is 53.9 Å². The monoisotopic (exact) mass is 842 g/mol. The first kappa shape index (κ1) is 43.4. The normalized spacial score (nSPS) is 24.2. The van der Waals surface area contributed by atoms with Crippen molar-refractivity contribution in [3.63, 3.8) is 0 Å². The molecule has 4 fully saturated rings. The predicted molar refractivity (Wildman–Crippen MR) is 215 cm³/mol. The third-order valence-corrected chi connectivity index (χ3v) is 12.6. The molecule has 6 unspecified atom stereocenters. The molecule has 6 heterocycles. The minimum atomic E-state index is -4.52. The minimum absolute atomic E-state index is 0.143. The van der Waals surface area contributed by atoms with Crippen molar-refractivity contribution in [1.29, 1.82) is 0 Å². The summed E-state index contributed by atoms with van der Waals surface area (Å²) in [5, 5.41) is 53.4. The lowest BCUT2D eigenvalue weighted by atomic mass is 9.97. The highest BCUT2D eigenvalue weighted by molar-refractivity contribution is 5.72. The number of fused-ring (bicyclic) bond motifs is 4. The first-order valence-corrected chi connectivity index (χ1v) is 20.7. The minimum Gasteiger partial charge on any atom is -0.507 e. The van der Waals surface area contributed by atoms with Crippen molar-refractivity contribution in [2.75, 3.05) is 30.3 Å². The van der Waals surface area contributed by atoms with Gasteiger partial charge >= 0.3 is 12.4 Å². The number of hydrogen-bond acceptors (Lipinski definition) is 11. The molecule has 6 atom stereocenters. The topological polar surface area (TPSA) is 143 Å². The number of aliphatic hydroxyl groups is 1. The molecule has 2 aromatic heterocycles. The molecule has 0 spiro atoms. The number of hydrogen-bond donors (Lipinski definition) is 5. The van der Waals surface area contributed by atoms with Gasteiger partial charge in [0.05, 0.1) is 29.1 Å². The van der Waals surface area contributed by atoms with Gasteiger partial charge in [0.25, 0.3) is 0 Å². The quantitative estimate of drug-likeness (QED) is 0.0981. The van der Waals surface area contributed by atoms with Gasteiger partial charge in [-0.15, -0.1) is 20.4 Å². The highest BCUT2D eigenvalue weighted by atomic mass is 19.4. The Kier molecular flexibility index (Phi) is 12.8. The van der Waals surface area contributed by atoms with E-state index in [1.807, 2.05) is 0 Å². The summed E-state index contributed by atoms with van der Waals surface area (Å²) in [7, 11) is 0. The number of aliphatic hydroxyl groups excluding tert-OH is 1. The molecule has 0 saturated carbocycles. The number of piperidine rings is 2. The maximum Gasteiger partial charge on any atom is 0.416 e. The Balaban J connectivity index is 0.000000181. The van der Waals surface area contributed by atoms with Crippen LogP contribution in [0.15, 0.2) is 48.5 Å². The molecule has 324 valence electrons. The Morgan fingerprint density at radius 2 is 1.02 bits per heavy atom. The number of phenolic OH excluding ortho intramolecular Hbond substituents is 2. The zero-order valence-electron chi connectivity index (χ0n) is 33.9. The Morgan fingerprint density at radius 3 is 1.37 bits per heavy atom. The molecule has 4 bridgehead atoms. The van der Waals surface area contributed by atoms with Gasteiger partial charge in [0.15, 0.2) is 0 Å². The van der Waals surface area contributed by atoms with Crippen LogP contribution in [0.3, 0.4) is 0 Å². The molecule has 4 aliphatic rings. The number of rotatable bonds is 10. The van der Waals surface area contributed by atoms with Crippen molar-refractivity contribution < 1.29 is 41.7 Å². The number of anilines is 2. The molecule has 4 saturated heterocycles. The molecule has 60 heavy (non-hydrogen) atoms. The van der Waals surface area contributed by atoms with E-state index in [1.54, 1.807) is 24.3 Å². The number of aromatic hydroxyl groups is 2. The van der Waals surface area contributed by atoms with Gasteiger partial charge in [0.1, 0.15) is 23.1 Å². The maximum absolute atomic E-state index is 12.9. The van der Waals surface area contributed by atoms with E-state index >= 15 is 0 Å². The van der Waals surface area contributed by atoms with E-state index in [0.717, 1.165) is 63.3 Å². The van der Waals surface area contributed by atoms with Gasteiger partial charge in [-0.1, -0.05) is 6.92 Å². The number of phenols is 2. The van der Waals surface area contributed by atoms with E-state index in [-0.39, 0.29) is 29.3 Å². The fourth-order valence-electron chi connectivity index (χ4n) is 9.95. The average molecular weight is 843 g/mol. The van der Waals surface area contributed by atoms with E-state index in [4.69, 9.17) is 0 Å². The van der Waals surface area contributed by atoms with Crippen LogP contribution in [0.5, 0.6) is 11.5 Å². The van der Waals surface area contributed by atoms with Crippen LogP contribution in [0.2, 0.25) is 0 Å². The molecular weight excluding hydrogens is 791 g/mol. The van der Waals surface area contributed by atoms with Crippen LogP contribution in [0.1, 0.15) is 87.0 Å². The molecule has 4 aliphatic heterocycles. The molecule has 8 rings (SSSR count). The number of benzene rings is 2. The fraction of sp³-hybridized carbons (Fsp3) is 0.535. The summed E-state index contributed by atoms with van der Waals surface area (Å²) >= 11 is 0. The lowest BCUT2D eigenvalue weighted by molar-refractivity contribution is -0.138. The SMILES string of the molecule is CCCN1C2CCC(Nc3ccc(-c4c(C)cc(C(F)(F)F)cc4O)nn3)C1CC2.Cc1cc(C(F)(F)F)cc(O)c1-c1ccc(NC2CCC3CCC2N3CCO)nn1. The number of nitrogens with one attached hydrogen (secondary N) is 2. The standard InChI is InChI=1S/C22H27F3N4O.C21H25F3N4O2/c1-3-10-29-15-4-6-16(18(29)8-5-15)26-20-9-7-17(27-28-20)21-13(2)11-14(12-19(21)30)22(23,24)25;1-12-10-13(21(22,23)24)11-18(30)20(12)16-5-7-19(27-26-16)25-15-4-2-14-3-6-17(15)28(14)8-9-29/h7,9,11-12,15-16,18,30H,3-6,8,10H2,1-2H3,(H,26,28);5,7,10-11,14-15,17,29-30H,2-4,6,8-9H2,1H3,(H,25,27). The van der Waals surface area contributed by atoms with Gasteiger partial charge < -0.3 is 26.0 Å². The van der Waals surface area contributed by atoms with Crippen LogP contribution in [-0.4, -0.2) is 101 Å². The van der Waals surface area contributed by atoms with Gasteiger partial charge in [-0.3, -0.25) is 9.80 Å². The lowest BCUT2D eigenvalue weighted by Gasteiger charge is -2.40. The van der Waals surface area contributed by atoms with E-state index in [1.165, 1.54) is 33.1 Å². The summed E-state index contributed by atoms with van der Waals surface area (Å²) in [4.78, 5) is 4.99. The summed E-state index contributed by atoms with van der Waals surface area (Å²) in [5.41, 5.74) is -0.0152. The molecular formula is C43H52F6N8O3. The summed E-state index contributed by atoms with van der Waals surface area (Å²) < 4.78 is 77.6. The molecule has 5 N–H and O–H groups in total. The van der Waals surface area contributed by atoms with Gasteiger partial charge in [-0.2, -0.15) is 26.3 Å². The molecule has 0 amide bonds. The highest BCUT2D eigenvalue weighted by Crippen LogP contribution is 2.42. The summed E-state index contributed by atoms with van der Waals surface area (Å²) in [5.74, 6) is 0.315. The lowest BCUT2D eigenvalue weighted by Crippen LogP contribution is -2.51. The van der Waals surface area contributed by atoms with Crippen molar-refractivity contribution in [2.24, 2.45) is 0 Å². The smallest absolute Gasteiger partial charge is 0.416 e. The second-order valence-corrected chi connectivity index (χ2v) is 16.4. The van der Waals surface area contributed by atoms with Gasteiger partial charge in [0.2, 0.25) is 0 Å². The first-order valence-electron chi connectivity index (χ1n) is 20.7. The molecule has 0 radical (unpaired) electrons. The fourth-order valence-corrected chi connectivity index (χ4v) is 9.95. The highest BCUT2D eigenvalue weighted by Gasteiger charge is 2.43. The van der Waals surface area contributed by atoms with Crippen molar-refractivity contribution in [1.82, 2.24) is 30.2 Å². The largest absolute Gasteiger partial charge is 0.507 e. The first-order chi connectivity index (χ1) is 28.5. The number of nitrogens with zero attached hydrogens (tertiary/aromatic N) is 6. The van der Waals surface area contributed by atoms with E-state index in [2.05, 4.69) is 47.8 Å². The van der Waals surface area contributed by atoms with Gasteiger partial charge in [-0.25, -0.2) is 0 Å². The van der Waals surface area contributed by atoms with Crippen molar-refractivity contribution in [3.8, 4) is 34.0 Å². The number of alkyl halides is 6. The Hall–Kier alpha value is -4.74. The van der Waals surface area contributed by atoms with E-state index in [9.17, 15) is 41.7 Å². The third kappa shape index (κ3) is 9.27. The Bertz CT molecular complexity index is 1910. The Labute approximate surface area is 345 Å². The second kappa shape index (κ2) is 17.7. The third-order valence-electron chi connectivity index (χ3n) is 12.6. The average Bonchev–Trinajstić information content (AvgIpc) is 3.63. The van der Waals surface area contributed by atoms with Crippen molar-refractivity contribution in [2.45, 2.75) is 127 Å². The van der Waals surface area contributed by atoms with Crippen LogP contribution in [0.4, 0.5) is 38.0 Å². The number of aromatic nitrogens is 4. The van der Waals surface area contributed by atoms with E-state index in [0.29, 0.717) is 71.4 Å². The zero-order chi connectivity index (χ0) is 42.9.